The van der Waals surface area contributed by atoms with Gasteiger partial charge in [-0.1, -0.05) is 57.9 Å². The standard InChI is InChI=1S/C23H26BrClN2O3.C4H4O4/c24-21-4-2-1-3-18(21)15-20-16-27(23(28)30-20)22(17-5-7-19(25)8-6-17)9-10-26-11-13-29-14-12-26;5-3(6)1-2-4(7)8/h1-8,20,22H,9-16H2;1-2H,(H,5,6)(H,7,8). The van der Waals surface area contributed by atoms with Crippen molar-refractivity contribution < 1.29 is 34.1 Å². The van der Waals surface area contributed by atoms with Gasteiger partial charge in [-0.25, -0.2) is 14.4 Å². The fraction of sp³-hybridized carbons (Fsp3) is 0.370. The van der Waals surface area contributed by atoms with Gasteiger partial charge in [-0.2, -0.15) is 0 Å². The molecule has 2 fully saturated rings. The molecule has 0 aromatic heterocycles. The van der Waals surface area contributed by atoms with E-state index in [4.69, 9.17) is 31.3 Å². The molecule has 9 nitrogen and oxygen atoms in total. The van der Waals surface area contributed by atoms with Crippen molar-refractivity contribution >= 4 is 45.6 Å². The van der Waals surface area contributed by atoms with E-state index >= 15 is 0 Å². The highest BCUT2D eigenvalue weighted by atomic mass is 79.9. The van der Waals surface area contributed by atoms with E-state index in [9.17, 15) is 14.4 Å². The third-order valence-corrected chi connectivity index (χ3v) is 7.16. The molecule has 2 aromatic carbocycles. The molecule has 204 valence electrons. The molecule has 2 aromatic rings. The molecule has 38 heavy (non-hydrogen) atoms. The summed E-state index contributed by atoms with van der Waals surface area (Å²) in [5.74, 6) is -2.51. The van der Waals surface area contributed by atoms with E-state index in [0.29, 0.717) is 30.1 Å². The number of aliphatic carboxylic acids is 2. The predicted octanol–water partition coefficient (Wildman–Crippen LogP) is 4.64. The number of carboxylic acid groups (broad SMARTS) is 2. The molecule has 4 rings (SSSR count). The minimum atomic E-state index is -1.26. The lowest BCUT2D eigenvalue weighted by Gasteiger charge is -2.31. The zero-order chi connectivity index (χ0) is 27.5. The Morgan fingerprint density at radius 2 is 1.68 bits per heavy atom. The number of nitrogens with zero attached hydrogens (tertiary/aromatic N) is 2. The zero-order valence-electron chi connectivity index (χ0n) is 20.7. The van der Waals surface area contributed by atoms with Crippen LogP contribution in [-0.4, -0.2) is 83.5 Å². The highest BCUT2D eigenvalue weighted by Crippen LogP contribution is 2.32. The van der Waals surface area contributed by atoms with Crippen molar-refractivity contribution in [3.8, 4) is 0 Å². The fourth-order valence-electron chi connectivity index (χ4n) is 4.27. The Bertz CT molecular complexity index is 1110. The van der Waals surface area contributed by atoms with Gasteiger partial charge in [-0.05, 0) is 35.7 Å². The van der Waals surface area contributed by atoms with E-state index in [2.05, 4.69) is 26.9 Å². The first-order valence-electron chi connectivity index (χ1n) is 12.1. The van der Waals surface area contributed by atoms with Gasteiger partial charge >= 0.3 is 18.0 Å². The van der Waals surface area contributed by atoms with Crippen LogP contribution in [0.25, 0.3) is 0 Å². The predicted molar refractivity (Wildman–Crippen MR) is 145 cm³/mol. The molecular formula is C27H30BrClN2O7. The summed E-state index contributed by atoms with van der Waals surface area (Å²) in [6.07, 6.45) is 2.26. The molecule has 0 radical (unpaired) electrons. The van der Waals surface area contributed by atoms with Crippen molar-refractivity contribution in [1.82, 2.24) is 9.80 Å². The van der Waals surface area contributed by atoms with E-state index in [1.165, 1.54) is 0 Å². The number of ether oxygens (including phenoxy) is 2. The Kier molecular flexibility index (Phi) is 11.6. The number of cyclic esters (lactones) is 1. The number of halogens is 2. The average molecular weight is 610 g/mol. The van der Waals surface area contributed by atoms with Crippen molar-refractivity contribution in [3.05, 3.63) is 81.3 Å². The fourth-order valence-corrected chi connectivity index (χ4v) is 4.84. The first kappa shape index (κ1) is 29.6. The largest absolute Gasteiger partial charge is 0.478 e. The molecule has 2 heterocycles. The lowest BCUT2D eigenvalue weighted by Crippen LogP contribution is -2.39. The molecule has 0 saturated carbocycles. The van der Waals surface area contributed by atoms with Gasteiger partial charge < -0.3 is 19.7 Å². The van der Waals surface area contributed by atoms with Crippen molar-refractivity contribution in [1.29, 1.82) is 0 Å². The molecule has 2 atom stereocenters. The molecule has 11 heteroatoms. The Hall–Kier alpha value is -2.92. The Morgan fingerprint density at radius 3 is 2.29 bits per heavy atom. The van der Waals surface area contributed by atoms with Crippen molar-refractivity contribution in [3.63, 3.8) is 0 Å². The zero-order valence-corrected chi connectivity index (χ0v) is 23.0. The minimum Gasteiger partial charge on any atom is -0.478 e. The summed E-state index contributed by atoms with van der Waals surface area (Å²) in [7, 11) is 0. The maximum absolute atomic E-state index is 12.8. The quantitative estimate of drug-likeness (QED) is 0.395. The summed E-state index contributed by atoms with van der Waals surface area (Å²) < 4.78 is 12.3. The van der Waals surface area contributed by atoms with Crippen molar-refractivity contribution in [2.24, 2.45) is 0 Å². The monoisotopic (exact) mass is 608 g/mol. The second-order valence-corrected chi connectivity index (χ2v) is 10.1. The molecule has 2 aliphatic heterocycles. The first-order chi connectivity index (χ1) is 18.2. The molecule has 0 spiro atoms. The van der Waals surface area contributed by atoms with Gasteiger partial charge in [0.2, 0.25) is 0 Å². The molecule has 2 aliphatic rings. The summed E-state index contributed by atoms with van der Waals surface area (Å²) in [6.45, 7) is 4.90. The highest BCUT2D eigenvalue weighted by molar-refractivity contribution is 9.10. The smallest absolute Gasteiger partial charge is 0.410 e. The number of hydrogen-bond donors (Lipinski definition) is 2. The lowest BCUT2D eigenvalue weighted by molar-refractivity contribution is -0.134. The summed E-state index contributed by atoms with van der Waals surface area (Å²) in [4.78, 5) is 36.2. The maximum Gasteiger partial charge on any atom is 0.410 e. The third-order valence-electron chi connectivity index (χ3n) is 6.13. The lowest BCUT2D eigenvalue weighted by atomic mass is 10.0. The van der Waals surface area contributed by atoms with Crippen LogP contribution in [0.5, 0.6) is 0 Å². The Labute approximate surface area is 234 Å². The van der Waals surface area contributed by atoms with Gasteiger partial charge in [0.05, 0.1) is 25.8 Å². The van der Waals surface area contributed by atoms with Crippen LogP contribution in [0.2, 0.25) is 5.02 Å². The number of amides is 1. The van der Waals surface area contributed by atoms with Crippen LogP contribution in [0.4, 0.5) is 4.79 Å². The average Bonchev–Trinajstić information content (AvgIpc) is 3.26. The molecule has 2 saturated heterocycles. The molecule has 2 N–H and O–H groups in total. The van der Waals surface area contributed by atoms with Gasteiger partial charge in [0.25, 0.3) is 0 Å². The molecule has 2 unspecified atom stereocenters. The van der Waals surface area contributed by atoms with E-state index in [1.807, 2.05) is 47.4 Å². The first-order valence-corrected chi connectivity index (χ1v) is 13.3. The van der Waals surface area contributed by atoms with Crippen LogP contribution >= 0.6 is 27.5 Å². The van der Waals surface area contributed by atoms with E-state index in [0.717, 1.165) is 54.9 Å². The van der Waals surface area contributed by atoms with Gasteiger partial charge in [-0.3, -0.25) is 9.80 Å². The van der Waals surface area contributed by atoms with E-state index < -0.39 is 11.9 Å². The second-order valence-electron chi connectivity index (χ2n) is 8.77. The van der Waals surface area contributed by atoms with Crippen LogP contribution in [0.15, 0.2) is 65.2 Å². The normalized spacial score (nSPS) is 18.5. The topological polar surface area (TPSA) is 117 Å². The maximum atomic E-state index is 12.8. The van der Waals surface area contributed by atoms with Crippen LogP contribution in [0.1, 0.15) is 23.6 Å². The second kappa shape index (κ2) is 14.9. The molecule has 0 bridgehead atoms. The van der Waals surface area contributed by atoms with Crippen LogP contribution in [0, 0.1) is 0 Å². The SMILES string of the molecule is O=C(O)C=CC(=O)O.O=C1OC(Cc2ccccc2Br)CN1C(CCN1CCOCC1)c1ccc(Cl)cc1. The van der Waals surface area contributed by atoms with Crippen molar-refractivity contribution in [2.75, 3.05) is 39.4 Å². The van der Waals surface area contributed by atoms with Crippen LogP contribution < -0.4 is 0 Å². The summed E-state index contributed by atoms with van der Waals surface area (Å²) in [6, 6.07) is 15.8. The van der Waals surface area contributed by atoms with Gasteiger partial charge in [-0.15, -0.1) is 0 Å². The summed E-state index contributed by atoms with van der Waals surface area (Å²) in [5, 5.41) is 16.3. The van der Waals surface area contributed by atoms with Gasteiger partial charge in [0.15, 0.2) is 0 Å². The number of carbonyl (C=O) groups excluding carboxylic acids is 1. The Morgan fingerprint density at radius 1 is 1.05 bits per heavy atom. The number of morpholine rings is 1. The number of hydrogen-bond acceptors (Lipinski definition) is 6. The minimum absolute atomic E-state index is 0.0400. The third kappa shape index (κ3) is 9.43. The molecule has 0 aliphatic carbocycles. The number of carbonyl (C=O) groups is 3. The van der Waals surface area contributed by atoms with Gasteiger partial charge in [0.1, 0.15) is 6.10 Å². The summed E-state index contributed by atoms with van der Waals surface area (Å²) in [5.41, 5.74) is 2.24. The number of rotatable bonds is 9. The van der Waals surface area contributed by atoms with Crippen LogP contribution in [0.3, 0.4) is 0 Å². The summed E-state index contributed by atoms with van der Waals surface area (Å²) >= 11 is 9.69. The number of carboxylic acids is 2. The highest BCUT2D eigenvalue weighted by Gasteiger charge is 2.37. The van der Waals surface area contributed by atoms with E-state index in [1.54, 1.807) is 0 Å². The number of benzene rings is 2. The van der Waals surface area contributed by atoms with Crippen molar-refractivity contribution in [2.45, 2.75) is 25.0 Å². The van der Waals surface area contributed by atoms with Gasteiger partial charge in [0, 0.05) is 47.7 Å². The molecule has 1 amide bonds. The molecular weight excluding hydrogens is 580 g/mol. The Balaban J connectivity index is 0.000000436. The van der Waals surface area contributed by atoms with E-state index in [-0.39, 0.29) is 18.2 Å². The van der Waals surface area contributed by atoms with Crippen LogP contribution in [-0.2, 0) is 25.5 Å².